The Kier molecular flexibility index (Phi) is 6.08. The Morgan fingerprint density at radius 2 is 2.04 bits per heavy atom. The summed E-state index contributed by atoms with van der Waals surface area (Å²) in [4.78, 5) is 14.6. The fourth-order valence-corrected chi connectivity index (χ4v) is 5.62. The molecule has 27 heavy (non-hydrogen) atoms. The number of halogens is 2. The van der Waals surface area contributed by atoms with Crippen LogP contribution in [0.1, 0.15) is 49.4 Å². The van der Waals surface area contributed by atoms with Gasteiger partial charge >= 0.3 is 0 Å². The maximum Gasteiger partial charge on any atom is 0.255 e. The quantitative estimate of drug-likeness (QED) is 0.719. The van der Waals surface area contributed by atoms with Crippen molar-refractivity contribution in [3.05, 3.63) is 27.7 Å². The summed E-state index contributed by atoms with van der Waals surface area (Å²) in [7, 11) is -3.81. The molecule has 0 radical (unpaired) electrons. The lowest BCUT2D eigenvalue weighted by molar-refractivity contribution is 0.0251. The number of aliphatic hydroxyl groups excluding tert-OH is 1. The van der Waals surface area contributed by atoms with Crippen LogP contribution in [0, 0.1) is 5.41 Å². The van der Waals surface area contributed by atoms with Crippen LogP contribution in [0.3, 0.4) is 0 Å². The standard InChI is InChI=1S/C18H24Cl2N2O4S/c1-2-18(11-23)6-3-7-22(10-18)17(24)13-8-16(15(20)9-14(13)19)27(25,26)21-12-4-5-12/h8-9,12,21,23H,2-7,10-11H2,1H3/t18-/m0/s1. The molecule has 150 valence electrons. The molecule has 0 spiro atoms. The Hall–Kier alpha value is -0.860. The number of sulfonamides is 1. The van der Waals surface area contributed by atoms with E-state index in [4.69, 9.17) is 23.2 Å². The first-order chi connectivity index (χ1) is 12.7. The van der Waals surface area contributed by atoms with Crippen molar-refractivity contribution in [3.63, 3.8) is 0 Å². The first-order valence-corrected chi connectivity index (χ1v) is 11.4. The summed E-state index contributed by atoms with van der Waals surface area (Å²) in [5.41, 5.74) is -0.211. The van der Waals surface area contributed by atoms with E-state index in [1.54, 1.807) is 4.90 Å². The molecule has 1 aliphatic heterocycles. The number of amides is 1. The van der Waals surface area contributed by atoms with Gasteiger partial charge in [-0.3, -0.25) is 4.79 Å². The summed E-state index contributed by atoms with van der Waals surface area (Å²) >= 11 is 12.3. The van der Waals surface area contributed by atoms with Gasteiger partial charge in [0.25, 0.3) is 5.91 Å². The fourth-order valence-electron chi connectivity index (χ4n) is 3.46. The number of nitrogens with zero attached hydrogens (tertiary/aromatic N) is 1. The zero-order valence-electron chi connectivity index (χ0n) is 15.2. The minimum Gasteiger partial charge on any atom is -0.396 e. The minimum absolute atomic E-state index is 0.00652. The predicted octanol–water partition coefficient (Wildman–Crippen LogP) is 3.06. The van der Waals surface area contributed by atoms with E-state index in [2.05, 4.69) is 4.72 Å². The Labute approximate surface area is 169 Å². The molecule has 1 aromatic carbocycles. The average Bonchev–Trinajstić information content (AvgIpc) is 3.44. The maximum atomic E-state index is 13.1. The van der Waals surface area contributed by atoms with Gasteiger partial charge in [-0.15, -0.1) is 0 Å². The highest BCUT2D eigenvalue weighted by Crippen LogP contribution is 2.35. The summed E-state index contributed by atoms with van der Waals surface area (Å²) in [5.74, 6) is -0.342. The molecule has 1 saturated carbocycles. The lowest BCUT2D eigenvalue weighted by Gasteiger charge is -2.41. The number of carbonyl (C=O) groups is 1. The van der Waals surface area contributed by atoms with Crippen LogP contribution < -0.4 is 4.72 Å². The number of likely N-dealkylation sites (tertiary alicyclic amines) is 1. The zero-order chi connectivity index (χ0) is 19.8. The smallest absolute Gasteiger partial charge is 0.255 e. The highest BCUT2D eigenvalue weighted by molar-refractivity contribution is 7.89. The van der Waals surface area contributed by atoms with Crippen molar-refractivity contribution in [2.24, 2.45) is 5.41 Å². The van der Waals surface area contributed by atoms with E-state index >= 15 is 0 Å². The summed E-state index contributed by atoms with van der Waals surface area (Å²) in [6.07, 6.45) is 3.98. The van der Waals surface area contributed by atoms with Crippen molar-refractivity contribution in [3.8, 4) is 0 Å². The van der Waals surface area contributed by atoms with Crippen molar-refractivity contribution >= 4 is 39.1 Å². The maximum absolute atomic E-state index is 13.1. The van der Waals surface area contributed by atoms with Crippen molar-refractivity contribution in [1.82, 2.24) is 9.62 Å². The number of piperidine rings is 1. The second-order valence-electron chi connectivity index (χ2n) is 7.50. The second kappa shape index (κ2) is 7.87. The Morgan fingerprint density at radius 3 is 2.63 bits per heavy atom. The lowest BCUT2D eigenvalue weighted by Crippen LogP contribution is -2.47. The SMILES string of the molecule is CC[C@]1(CO)CCCN(C(=O)c2cc(S(=O)(=O)NC3CC3)c(Cl)cc2Cl)C1. The number of rotatable bonds is 6. The van der Waals surface area contributed by atoms with Crippen LogP contribution in [0.25, 0.3) is 0 Å². The van der Waals surface area contributed by atoms with Crippen molar-refractivity contribution in [1.29, 1.82) is 0 Å². The fraction of sp³-hybridized carbons (Fsp3) is 0.611. The van der Waals surface area contributed by atoms with E-state index in [1.807, 2.05) is 6.92 Å². The summed E-state index contributed by atoms with van der Waals surface area (Å²) in [6, 6.07) is 2.50. The molecule has 6 nitrogen and oxygen atoms in total. The molecule has 1 atom stereocenters. The van der Waals surface area contributed by atoms with E-state index in [0.29, 0.717) is 13.1 Å². The second-order valence-corrected chi connectivity index (χ2v) is 10.00. The monoisotopic (exact) mass is 434 g/mol. The molecule has 2 fully saturated rings. The molecule has 2 N–H and O–H groups in total. The van der Waals surface area contributed by atoms with Gasteiger partial charge in [0.1, 0.15) is 4.90 Å². The number of hydrogen-bond donors (Lipinski definition) is 2. The number of aliphatic hydroxyl groups is 1. The van der Waals surface area contributed by atoms with Gasteiger partial charge in [-0.1, -0.05) is 30.1 Å². The van der Waals surface area contributed by atoms with Crippen LogP contribution in [0.2, 0.25) is 10.0 Å². The molecule has 0 unspecified atom stereocenters. The van der Waals surface area contributed by atoms with Gasteiger partial charge in [0.15, 0.2) is 0 Å². The molecule has 0 bridgehead atoms. The summed E-state index contributed by atoms with van der Waals surface area (Å²) in [6.45, 7) is 2.96. The molecule has 1 saturated heterocycles. The molecule has 2 aliphatic rings. The lowest BCUT2D eigenvalue weighted by atomic mass is 9.78. The Balaban J connectivity index is 1.91. The van der Waals surface area contributed by atoms with Crippen molar-refractivity contribution < 1.29 is 18.3 Å². The summed E-state index contributed by atoms with van der Waals surface area (Å²) in [5, 5.41) is 9.88. The normalized spacial score (nSPS) is 23.5. The van der Waals surface area contributed by atoms with Crippen LogP contribution in [0.15, 0.2) is 17.0 Å². The topological polar surface area (TPSA) is 86.7 Å². The first-order valence-electron chi connectivity index (χ1n) is 9.13. The van der Waals surface area contributed by atoms with Crippen LogP contribution >= 0.6 is 23.2 Å². The third kappa shape index (κ3) is 4.43. The van der Waals surface area contributed by atoms with Gasteiger partial charge in [-0.05, 0) is 44.2 Å². The molecule has 1 amide bonds. The predicted molar refractivity (Wildman–Crippen MR) is 105 cm³/mol. The van der Waals surface area contributed by atoms with E-state index in [1.165, 1.54) is 12.1 Å². The van der Waals surface area contributed by atoms with Gasteiger partial charge in [-0.25, -0.2) is 13.1 Å². The zero-order valence-corrected chi connectivity index (χ0v) is 17.5. The number of carbonyl (C=O) groups excluding carboxylic acids is 1. The highest BCUT2D eigenvalue weighted by atomic mass is 35.5. The van der Waals surface area contributed by atoms with E-state index in [0.717, 1.165) is 32.1 Å². The third-order valence-corrected chi connectivity index (χ3v) is 7.77. The van der Waals surface area contributed by atoms with Gasteiger partial charge in [0.2, 0.25) is 10.0 Å². The molecule has 1 aliphatic carbocycles. The third-order valence-electron chi connectivity index (χ3n) is 5.47. The molecule has 9 heteroatoms. The molecular weight excluding hydrogens is 411 g/mol. The van der Waals surface area contributed by atoms with Gasteiger partial charge in [-0.2, -0.15) is 0 Å². The Morgan fingerprint density at radius 1 is 1.33 bits per heavy atom. The minimum atomic E-state index is -3.81. The summed E-state index contributed by atoms with van der Waals surface area (Å²) < 4.78 is 27.7. The van der Waals surface area contributed by atoms with Gasteiger partial charge in [0, 0.05) is 24.5 Å². The molecular formula is C18H24Cl2N2O4S. The number of hydrogen-bond acceptors (Lipinski definition) is 4. The molecule has 1 heterocycles. The number of benzene rings is 1. The molecule has 0 aromatic heterocycles. The van der Waals surface area contributed by atoms with E-state index < -0.39 is 10.0 Å². The van der Waals surface area contributed by atoms with Gasteiger partial charge < -0.3 is 10.0 Å². The average molecular weight is 435 g/mol. The van der Waals surface area contributed by atoms with Crippen LogP contribution in [0.5, 0.6) is 0 Å². The van der Waals surface area contributed by atoms with Crippen molar-refractivity contribution in [2.45, 2.75) is 50.0 Å². The first kappa shape index (κ1) is 20.9. The highest BCUT2D eigenvalue weighted by Gasteiger charge is 2.37. The molecule has 1 aromatic rings. The van der Waals surface area contributed by atoms with Crippen LogP contribution in [-0.4, -0.2) is 50.1 Å². The largest absolute Gasteiger partial charge is 0.396 e. The molecule has 3 rings (SSSR count). The van der Waals surface area contributed by atoms with Crippen LogP contribution in [0.4, 0.5) is 0 Å². The van der Waals surface area contributed by atoms with E-state index in [-0.39, 0.29) is 44.5 Å². The van der Waals surface area contributed by atoms with Gasteiger partial charge in [0.05, 0.1) is 22.2 Å². The van der Waals surface area contributed by atoms with Crippen molar-refractivity contribution in [2.75, 3.05) is 19.7 Å². The van der Waals surface area contributed by atoms with E-state index in [9.17, 15) is 18.3 Å². The number of nitrogens with one attached hydrogen (secondary N) is 1. The van der Waals surface area contributed by atoms with Crippen LogP contribution in [-0.2, 0) is 10.0 Å². The Bertz CT molecular complexity index is 836.